The van der Waals surface area contributed by atoms with Gasteiger partial charge in [-0.3, -0.25) is 0 Å². The Labute approximate surface area is 100 Å². The average Bonchev–Trinajstić information content (AvgIpc) is 2.39. The molecule has 1 aromatic carbocycles. The van der Waals surface area contributed by atoms with E-state index < -0.39 is 0 Å². The van der Waals surface area contributed by atoms with Gasteiger partial charge < -0.3 is 5.73 Å². The van der Waals surface area contributed by atoms with Crippen LogP contribution in [0.15, 0.2) is 22.7 Å². The highest BCUT2D eigenvalue weighted by Crippen LogP contribution is 2.48. The first-order chi connectivity index (χ1) is 7.04. The zero-order valence-corrected chi connectivity index (χ0v) is 11.0. The molecule has 0 saturated carbocycles. The fourth-order valence-corrected chi connectivity index (χ4v) is 3.18. The standard InChI is InChI=1S/C13H18BrN/c1-13(2)8-9-3-4-10(14)7-11(9)12(13)5-6-15/h3-4,7,12H,5-6,8,15H2,1-2H3. The minimum absolute atomic E-state index is 0.364. The molecule has 0 spiro atoms. The van der Waals surface area contributed by atoms with E-state index in [4.69, 9.17) is 5.73 Å². The van der Waals surface area contributed by atoms with Crippen molar-refractivity contribution in [1.82, 2.24) is 0 Å². The van der Waals surface area contributed by atoms with Crippen molar-refractivity contribution in [2.75, 3.05) is 6.54 Å². The predicted molar refractivity (Wildman–Crippen MR) is 68.0 cm³/mol. The van der Waals surface area contributed by atoms with E-state index in [0.29, 0.717) is 11.3 Å². The van der Waals surface area contributed by atoms with Gasteiger partial charge in [-0.05, 0) is 54.0 Å². The van der Waals surface area contributed by atoms with Crippen LogP contribution in [0.5, 0.6) is 0 Å². The molecule has 1 nitrogen and oxygen atoms in total. The molecule has 1 aliphatic carbocycles. The van der Waals surface area contributed by atoms with Gasteiger partial charge in [0.2, 0.25) is 0 Å². The van der Waals surface area contributed by atoms with Gasteiger partial charge in [0.15, 0.2) is 0 Å². The molecule has 0 saturated heterocycles. The van der Waals surface area contributed by atoms with Crippen LogP contribution < -0.4 is 5.73 Å². The lowest BCUT2D eigenvalue weighted by atomic mass is 9.78. The van der Waals surface area contributed by atoms with Gasteiger partial charge in [-0.15, -0.1) is 0 Å². The molecule has 1 aromatic rings. The Balaban J connectivity index is 2.42. The summed E-state index contributed by atoms with van der Waals surface area (Å²) < 4.78 is 1.18. The van der Waals surface area contributed by atoms with Crippen molar-refractivity contribution in [1.29, 1.82) is 0 Å². The predicted octanol–water partition coefficient (Wildman–Crippen LogP) is 3.46. The molecule has 1 aliphatic rings. The van der Waals surface area contributed by atoms with Crippen LogP contribution in [0.25, 0.3) is 0 Å². The van der Waals surface area contributed by atoms with Gasteiger partial charge in [0, 0.05) is 4.47 Å². The van der Waals surface area contributed by atoms with E-state index in [0.717, 1.165) is 13.0 Å². The molecular weight excluding hydrogens is 250 g/mol. The van der Waals surface area contributed by atoms with Crippen molar-refractivity contribution in [2.45, 2.75) is 32.6 Å². The van der Waals surface area contributed by atoms with Crippen molar-refractivity contribution in [3.8, 4) is 0 Å². The smallest absolute Gasteiger partial charge is 0.0178 e. The zero-order chi connectivity index (χ0) is 11.1. The lowest BCUT2D eigenvalue weighted by Gasteiger charge is -2.27. The van der Waals surface area contributed by atoms with Crippen LogP contribution in [0.2, 0.25) is 0 Å². The van der Waals surface area contributed by atoms with Crippen LogP contribution in [0.4, 0.5) is 0 Å². The molecule has 2 N–H and O–H groups in total. The summed E-state index contributed by atoms with van der Waals surface area (Å²) in [5, 5.41) is 0. The summed E-state index contributed by atoms with van der Waals surface area (Å²) in [5.74, 6) is 0.620. The summed E-state index contributed by atoms with van der Waals surface area (Å²) in [6.07, 6.45) is 2.27. The molecule has 0 bridgehead atoms. The molecule has 0 heterocycles. The number of benzene rings is 1. The number of rotatable bonds is 2. The highest BCUT2D eigenvalue weighted by molar-refractivity contribution is 9.10. The van der Waals surface area contributed by atoms with Crippen molar-refractivity contribution in [2.24, 2.45) is 11.1 Å². The van der Waals surface area contributed by atoms with E-state index in [2.05, 4.69) is 48.0 Å². The molecule has 2 rings (SSSR count). The second-order valence-electron chi connectivity index (χ2n) is 5.14. The quantitative estimate of drug-likeness (QED) is 0.873. The van der Waals surface area contributed by atoms with Gasteiger partial charge in [0.05, 0.1) is 0 Å². The molecule has 0 amide bonds. The maximum absolute atomic E-state index is 5.71. The van der Waals surface area contributed by atoms with E-state index in [-0.39, 0.29) is 0 Å². The lowest BCUT2D eigenvalue weighted by Crippen LogP contribution is -2.20. The topological polar surface area (TPSA) is 26.0 Å². The second-order valence-corrected chi connectivity index (χ2v) is 6.05. The highest BCUT2D eigenvalue weighted by atomic mass is 79.9. The highest BCUT2D eigenvalue weighted by Gasteiger charge is 2.37. The average molecular weight is 268 g/mol. The van der Waals surface area contributed by atoms with Crippen molar-refractivity contribution in [3.05, 3.63) is 33.8 Å². The largest absolute Gasteiger partial charge is 0.330 e. The van der Waals surface area contributed by atoms with Crippen LogP contribution >= 0.6 is 15.9 Å². The zero-order valence-electron chi connectivity index (χ0n) is 9.39. The third-order valence-corrected chi connectivity index (χ3v) is 4.02. The summed E-state index contributed by atoms with van der Waals surface area (Å²) in [4.78, 5) is 0. The van der Waals surface area contributed by atoms with Crippen molar-refractivity contribution >= 4 is 15.9 Å². The Morgan fingerprint density at radius 2 is 2.20 bits per heavy atom. The van der Waals surface area contributed by atoms with Gasteiger partial charge in [0.25, 0.3) is 0 Å². The second kappa shape index (κ2) is 3.91. The van der Waals surface area contributed by atoms with E-state index >= 15 is 0 Å². The molecule has 0 aliphatic heterocycles. The lowest BCUT2D eigenvalue weighted by molar-refractivity contribution is 0.302. The van der Waals surface area contributed by atoms with E-state index in [1.165, 1.54) is 22.0 Å². The van der Waals surface area contributed by atoms with Crippen LogP contribution in [0, 0.1) is 5.41 Å². The molecule has 0 radical (unpaired) electrons. The first-order valence-corrected chi connectivity index (χ1v) is 6.32. The molecular formula is C13H18BrN. The summed E-state index contributed by atoms with van der Waals surface area (Å²) in [7, 11) is 0. The maximum Gasteiger partial charge on any atom is 0.0178 e. The summed E-state index contributed by atoms with van der Waals surface area (Å²) in [6, 6.07) is 6.65. The molecule has 2 heteroatoms. The number of nitrogens with two attached hydrogens (primary N) is 1. The molecule has 0 fully saturated rings. The number of hydrogen-bond donors (Lipinski definition) is 1. The minimum atomic E-state index is 0.364. The van der Waals surface area contributed by atoms with Crippen LogP contribution in [-0.2, 0) is 6.42 Å². The van der Waals surface area contributed by atoms with Crippen LogP contribution in [0.3, 0.4) is 0 Å². The van der Waals surface area contributed by atoms with Gasteiger partial charge in [-0.1, -0.05) is 35.8 Å². The van der Waals surface area contributed by atoms with E-state index in [1.807, 2.05) is 0 Å². The minimum Gasteiger partial charge on any atom is -0.330 e. The Bertz CT molecular complexity index is 371. The third-order valence-electron chi connectivity index (χ3n) is 3.53. The van der Waals surface area contributed by atoms with Gasteiger partial charge in [0.1, 0.15) is 0 Å². The monoisotopic (exact) mass is 267 g/mol. The normalized spacial score (nSPS) is 22.8. The van der Waals surface area contributed by atoms with Crippen LogP contribution in [-0.4, -0.2) is 6.54 Å². The third kappa shape index (κ3) is 1.98. The van der Waals surface area contributed by atoms with E-state index in [1.54, 1.807) is 0 Å². The van der Waals surface area contributed by atoms with E-state index in [9.17, 15) is 0 Å². The fourth-order valence-electron chi connectivity index (χ4n) is 2.80. The first-order valence-electron chi connectivity index (χ1n) is 5.53. The Kier molecular flexibility index (Phi) is 2.91. The first kappa shape index (κ1) is 11.2. The van der Waals surface area contributed by atoms with Crippen molar-refractivity contribution in [3.63, 3.8) is 0 Å². The maximum atomic E-state index is 5.71. The SMILES string of the molecule is CC1(C)Cc2ccc(Br)cc2C1CCN. The molecule has 1 unspecified atom stereocenters. The summed E-state index contributed by atoms with van der Waals surface area (Å²) in [5.41, 5.74) is 9.08. The Hall–Kier alpha value is -0.340. The van der Waals surface area contributed by atoms with Crippen LogP contribution in [0.1, 0.15) is 37.3 Å². The van der Waals surface area contributed by atoms with Crippen molar-refractivity contribution < 1.29 is 0 Å². The molecule has 0 aromatic heterocycles. The Morgan fingerprint density at radius 1 is 1.47 bits per heavy atom. The number of halogens is 1. The molecule has 82 valence electrons. The number of fused-ring (bicyclic) bond motifs is 1. The summed E-state index contributed by atoms with van der Waals surface area (Å²) >= 11 is 3.55. The number of hydrogen-bond acceptors (Lipinski definition) is 1. The van der Waals surface area contributed by atoms with Gasteiger partial charge in [-0.25, -0.2) is 0 Å². The van der Waals surface area contributed by atoms with Gasteiger partial charge in [-0.2, -0.15) is 0 Å². The Morgan fingerprint density at radius 3 is 2.87 bits per heavy atom. The molecule has 1 atom stereocenters. The van der Waals surface area contributed by atoms with Gasteiger partial charge >= 0.3 is 0 Å². The molecule has 15 heavy (non-hydrogen) atoms. The fraction of sp³-hybridized carbons (Fsp3) is 0.538. The summed E-state index contributed by atoms with van der Waals surface area (Å²) in [6.45, 7) is 5.47.